The number of amides is 2. The first kappa shape index (κ1) is 11.4. The van der Waals surface area contributed by atoms with Crippen molar-refractivity contribution in [2.45, 2.75) is 18.9 Å². The van der Waals surface area contributed by atoms with Gasteiger partial charge >= 0.3 is 0 Å². The number of sulfone groups is 1. The topological polar surface area (TPSA) is 92.3 Å². The molecule has 2 N–H and O–H groups in total. The molecule has 0 aromatic rings. The first-order chi connectivity index (χ1) is 7.46. The van der Waals surface area contributed by atoms with Gasteiger partial charge in [-0.3, -0.25) is 9.59 Å². The van der Waals surface area contributed by atoms with Crippen LogP contribution in [-0.4, -0.2) is 44.3 Å². The fraction of sp³-hybridized carbons (Fsp3) is 0.778. The number of hydrogen-bond donors (Lipinski definition) is 2. The van der Waals surface area contributed by atoms with Crippen molar-refractivity contribution < 1.29 is 18.0 Å². The van der Waals surface area contributed by atoms with Crippen LogP contribution in [0.2, 0.25) is 0 Å². The summed E-state index contributed by atoms with van der Waals surface area (Å²) >= 11 is 0. The molecular formula is C9H14N2O4S. The number of rotatable bonds is 2. The van der Waals surface area contributed by atoms with Crippen molar-refractivity contribution in [2.75, 3.05) is 18.1 Å². The van der Waals surface area contributed by atoms with E-state index in [0.717, 1.165) is 0 Å². The average molecular weight is 246 g/mol. The van der Waals surface area contributed by atoms with E-state index in [-0.39, 0.29) is 41.7 Å². The molecule has 2 aliphatic rings. The monoisotopic (exact) mass is 246 g/mol. The summed E-state index contributed by atoms with van der Waals surface area (Å²) in [5.74, 6) is -0.539. The van der Waals surface area contributed by atoms with Gasteiger partial charge in [0.05, 0.1) is 17.4 Å². The Hall–Kier alpha value is -1.11. The van der Waals surface area contributed by atoms with Crippen molar-refractivity contribution >= 4 is 21.7 Å². The Morgan fingerprint density at radius 3 is 2.69 bits per heavy atom. The van der Waals surface area contributed by atoms with Gasteiger partial charge < -0.3 is 10.6 Å². The third-order valence-electron chi connectivity index (χ3n) is 2.93. The van der Waals surface area contributed by atoms with E-state index in [4.69, 9.17) is 0 Å². The molecule has 2 atom stereocenters. The number of carbonyl (C=O) groups is 2. The van der Waals surface area contributed by atoms with Crippen LogP contribution in [0.4, 0.5) is 0 Å². The molecule has 0 bridgehead atoms. The zero-order chi connectivity index (χ0) is 11.8. The van der Waals surface area contributed by atoms with E-state index in [0.29, 0.717) is 13.0 Å². The van der Waals surface area contributed by atoms with Crippen molar-refractivity contribution in [1.29, 1.82) is 0 Å². The molecule has 2 unspecified atom stereocenters. The lowest BCUT2D eigenvalue weighted by Crippen LogP contribution is -2.40. The SMILES string of the molecule is O=C1CC(C(=O)NC2CCS(=O)(=O)C2)CN1. The maximum atomic E-state index is 11.7. The zero-order valence-electron chi connectivity index (χ0n) is 8.73. The summed E-state index contributed by atoms with van der Waals surface area (Å²) in [6.07, 6.45) is 0.674. The summed E-state index contributed by atoms with van der Waals surface area (Å²) < 4.78 is 22.4. The molecule has 0 spiro atoms. The molecule has 0 aliphatic carbocycles. The van der Waals surface area contributed by atoms with E-state index < -0.39 is 9.84 Å². The smallest absolute Gasteiger partial charge is 0.225 e. The molecule has 2 fully saturated rings. The Labute approximate surface area is 93.7 Å². The van der Waals surface area contributed by atoms with E-state index in [1.807, 2.05) is 0 Å². The average Bonchev–Trinajstić information content (AvgIpc) is 2.73. The van der Waals surface area contributed by atoms with Gasteiger partial charge in [-0.15, -0.1) is 0 Å². The fourth-order valence-corrected chi connectivity index (χ4v) is 3.69. The van der Waals surface area contributed by atoms with Gasteiger partial charge in [0, 0.05) is 19.0 Å². The minimum absolute atomic E-state index is 0.0207. The molecule has 0 radical (unpaired) electrons. The van der Waals surface area contributed by atoms with Gasteiger partial charge in [0.25, 0.3) is 0 Å². The summed E-state index contributed by atoms with van der Waals surface area (Å²) in [7, 11) is -2.97. The van der Waals surface area contributed by atoms with E-state index >= 15 is 0 Å². The van der Waals surface area contributed by atoms with Gasteiger partial charge in [-0.05, 0) is 6.42 Å². The van der Waals surface area contributed by atoms with E-state index in [2.05, 4.69) is 10.6 Å². The molecule has 0 saturated carbocycles. The third-order valence-corrected chi connectivity index (χ3v) is 4.69. The van der Waals surface area contributed by atoms with Gasteiger partial charge in [-0.25, -0.2) is 8.42 Å². The van der Waals surface area contributed by atoms with E-state index in [1.54, 1.807) is 0 Å². The van der Waals surface area contributed by atoms with Crippen LogP contribution < -0.4 is 10.6 Å². The van der Waals surface area contributed by atoms with Crippen molar-refractivity contribution in [3.05, 3.63) is 0 Å². The zero-order valence-corrected chi connectivity index (χ0v) is 9.55. The highest BCUT2D eigenvalue weighted by molar-refractivity contribution is 7.91. The Morgan fingerprint density at radius 1 is 1.44 bits per heavy atom. The minimum Gasteiger partial charge on any atom is -0.355 e. The van der Waals surface area contributed by atoms with Crippen LogP contribution in [0.3, 0.4) is 0 Å². The second-order valence-corrected chi connectivity index (χ2v) is 6.54. The van der Waals surface area contributed by atoms with Crippen molar-refractivity contribution in [1.82, 2.24) is 10.6 Å². The lowest BCUT2D eigenvalue weighted by molar-refractivity contribution is -0.126. The summed E-state index contributed by atoms with van der Waals surface area (Å²) in [5, 5.41) is 5.26. The summed E-state index contributed by atoms with van der Waals surface area (Å²) in [4.78, 5) is 22.6. The van der Waals surface area contributed by atoms with E-state index in [9.17, 15) is 18.0 Å². The molecule has 2 heterocycles. The minimum atomic E-state index is -2.97. The summed E-state index contributed by atoms with van der Waals surface area (Å²) in [6, 6.07) is -0.284. The lowest BCUT2D eigenvalue weighted by Gasteiger charge is -2.13. The van der Waals surface area contributed by atoms with Crippen LogP contribution in [0, 0.1) is 5.92 Å². The van der Waals surface area contributed by atoms with Crippen LogP contribution in [0.5, 0.6) is 0 Å². The Bertz CT molecular complexity index is 417. The normalized spacial score (nSPS) is 32.4. The van der Waals surface area contributed by atoms with Gasteiger partial charge in [0.15, 0.2) is 9.84 Å². The van der Waals surface area contributed by atoms with Crippen LogP contribution in [0.25, 0.3) is 0 Å². The Balaban J connectivity index is 1.86. The molecule has 0 aromatic carbocycles. The standard InChI is InChI=1S/C9H14N2O4S/c12-8-3-6(4-10-8)9(13)11-7-1-2-16(14,15)5-7/h6-7H,1-5H2,(H,10,12)(H,11,13). The first-order valence-corrected chi connectivity index (χ1v) is 7.06. The van der Waals surface area contributed by atoms with Crippen molar-refractivity contribution in [3.8, 4) is 0 Å². The van der Waals surface area contributed by atoms with Crippen molar-refractivity contribution in [3.63, 3.8) is 0 Å². The largest absolute Gasteiger partial charge is 0.355 e. The fourth-order valence-electron chi connectivity index (χ4n) is 2.02. The maximum absolute atomic E-state index is 11.7. The molecule has 2 aliphatic heterocycles. The quantitative estimate of drug-likeness (QED) is 0.615. The molecular weight excluding hydrogens is 232 g/mol. The lowest BCUT2D eigenvalue weighted by atomic mass is 10.1. The second-order valence-electron chi connectivity index (χ2n) is 4.31. The van der Waals surface area contributed by atoms with Gasteiger partial charge in [0.2, 0.25) is 11.8 Å². The van der Waals surface area contributed by atoms with Crippen LogP contribution >= 0.6 is 0 Å². The number of hydrogen-bond acceptors (Lipinski definition) is 4. The highest BCUT2D eigenvalue weighted by Crippen LogP contribution is 2.14. The molecule has 7 heteroatoms. The molecule has 0 aromatic heterocycles. The summed E-state index contributed by atoms with van der Waals surface area (Å²) in [5.41, 5.74) is 0. The van der Waals surface area contributed by atoms with Crippen molar-refractivity contribution in [2.24, 2.45) is 5.92 Å². The number of nitrogens with one attached hydrogen (secondary N) is 2. The molecule has 90 valence electrons. The number of carbonyl (C=O) groups excluding carboxylic acids is 2. The Morgan fingerprint density at radius 2 is 2.19 bits per heavy atom. The molecule has 6 nitrogen and oxygen atoms in total. The highest BCUT2D eigenvalue weighted by Gasteiger charge is 2.33. The second kappa shape index (κ2) is 4.04. The van der Waals surface area contributed by atoms with Gasteiger partial charge in [-0.1, -0.05) is 0 Å². The molecule has 2 amide bonds. The molecule has 2 rings (SSSR count). The van der Waals surface area contributed by atoms with Crippen LogP contribution in [-0.2, 0) is 19.4 Å². The molecule has 2 saturated heterocycles. The van der Waals surface area contributed by atoms with Gasteiger partial charge in [0.1, 0.15) is 0 Å². The summed E-state index contributed by atoms with van der Waals surface area (Å²) in [6.45, 7) is 0.351. The van der Waals surface area contributed by atoms with E-state index in [1.165, 1.54) is 0 Å². The first-order valence-electron chi connectivity index (χ1n) is 5.24. The highest BCUT2D eigenvalue weighted by atomic mass is 32.2. The third kappa shape index (κ3) is 2.52. The van der Waals surface area contributed by atoms with Crippen LogP contribution in [0.1, 0.15) is 12.8 Å². The van der Waals surface area contributed by atoms with Crippen LogP contribution in [0.15, 0.2) is 0 Å². The molecule has 16 heavy (non-hydrogen) atoms. The predicted molar refractivity (Wildman–Crippen MR) is 56.3 cm³/mol. The predicted octanol–water partition coefficient (Wildman–Crippen LogP) is -1.57. The maximum Gasteiger partial charge on any atom is 0.225 e. The Kier molecular flexibility index (Phi) is 2.88. The van der Waals surface area contributed by atoms with Gasteiger partial charge in [-0.2, -0.15) is 0 Å².